The molecule has 1 amide bonds. The summed E-state index contributed by atoms with van der Waals surface area (Å²) >= 11 is 5.44. The molecule has 0 spiro atoms. The van der Waals surface area contributed by atoms with Gasteiger partial charge in [0.05, 0.1) is 42.1 Å². The SMILES string of the molecule is O=C(CCl)N1CC[NH+](C[C@H](O)CS(=O)(=O)[O-])CC1. The van der Waals surface area contributed by atoms with Crippen LogP contribution in [0.25, 0.3) is 0 Å². The van der Waals surface area contributed by atoms with Crippen molar-refractivity contribution < 1.29 is 27.8 Å². The minimum Gasteiger partial charge on any atom is -0.748 e. The lowest BCUT2D eigenvalue weighted by Gasteiger charge is -2.32. The number of carbonyl (C=O) groups excluding carboxylic acids is 1. The standard InChI is InChI=1S/C9H17ClN2O5S/c10-5-9(14)12-3-1-11(2-4-12)6-8(13)7-18(15,16)17/h8,13H,1-7H2,(H,15,16,17)/t8-/m0/s1. The third-order valence-electron chi connectivity index (χ3n) is 2.86. The minimum atomic E-state index is -4.40. The molecule has 9 heteroatoms. The quantitative estimate of drug-likeness (QED) is 0.413. The van der Waals surface area contributed by atoms with E-state index in [4.69, 9.17) is 11.6 Å². The zero-order valence-electron chi connectivity index (χ0n) is 9.84. The van der Waals surface area contributed by atoms with Gasteiger partial charge in [0.25, 0.3) is 0 Å². The Hall–Kier alpha value is -0.410. The van der Waals surface area contributed by atoms with E-state index in [2.05, 4.69) is 0 Å². The Morgan fingerprint density at radius 2 is 2.00 bits per heavy atom. The van der Waals surface area contributed by atoms with Crippen LogP contribution in [-0.2, 0) is 14.9 Å². The largest absolute Gasteiger partial charge is 0.748 e. The zero-order valence-corrected chi connectivity index (χ0v) is 11.4. The van der Waals surface area contributed by atoms with Crippen molar-refractivity contribution in [2.75, 3.05) is 44.4 Å². The van der Waals surface area contributed by atoms with Gasteiger partial charge in [-0.15, -0.1) is 11.6 Å². The molecule has 0 radical (unpaired) electrons. The van der Waals surface area contributed by atoms with Crippen molar-refractivity contribution in [1.29, 1.82) is 0 Å². The van der Waals surface area contributed by atoms with Gasteiger partial charge in [-0.05, 0) is 0 Å². The summed E-state index contributed by atoms with van der Waals surface area (Å²) < 4.78 is 31.4. The second kappa shape index (κ2) is 6.67. The van der Waals surface area contributed by atoms with Crippen molar-refractivity contribution in [2.24, 2.45) is 0 Å². The summed E-state index contributed by atoms with van der Waals surface area (Å²) in [5.41, 5.74) is 0. The molecule has 1 fully saturated rings. The number of amides is 1. The molecule has 7 nitrogen and oxygen atoms in total. The number of alkyl halides is 1. The Labute approximate surface area is 111 Å². The molecule has 2 N–H and O–H groups in total. The first kappa shape index (κ1) is 15.6. The Kier molecular flexibility index (Phi) is 5.80. The normalized spacial score (nSPS) is 19.8. The van der Waals surface area contributed by atoms with Gasteiger partial charge in [0.15, 0.2) is 0 Å². The minimum absolute atomic E-state index is 0.0492. The van der Waals surface area contributed by atoms with E-state index >= 15 is 0 Å². The maximum absolute atomic E-state index is 11.3. The summed E-state index contributed by atoms with van der Waals surface area (Å²) in [6, 6.07) is 0. The van der Waals surface area contributed by atoms with Gasteiger partial charge < -0.3 is 19.5 Å². The lowest BCUT2D eigenvalue weighted by molar-refractivity contribution is -0.906. The summed E-state index contributed by atoms with van der Waals surface area (Å²) in [6.45, 7) is 2.47. The predicted octanol–water partition coefficient (Wildman–Crippen LogP) is -3.14. The Balaban J connectivity index is 2.33. The number of carbonyl (C=O) groups is 1. The number of quaternary nitrogens is 1. The highest BCUT2D eigenvalue weighted by atomic mass is 35.5. The van der Waals surface area contributed by atoms with E-state index in [9.17, 15) is 22.9 Å². The van der Waals surface area contributed by atoms with Gasteiger partial charge in [-0.25, -0.2) is 8.42 Å². The van der Waals surface area contributed by atoms with Crippen molar-refractivity contribution in [3.05, 3.63) is 0 Å². The molecule has 1 aliphatic heterocycles. The van der Waals surface area contributed by atoms with Gasteiger partial charge in [0, 0.05) is 0 Å². The van der Waals surface area contributed by atoms with Crippen LogP contribution in [0.3, 0.4) is 0 Å². The van der Waals surface area contributed by atoms with Crippen LogP contribution in [0.1, 0.15) is 0 Å². The van der Waals surface area contributed by atoms with Crippen LogP contribution in [0.2, 0.25) is 0 Å². The third kappa shape index (κ3) is 5.49. The average Bonchev–Trinajstić information content (AvgIpc) is 2.26. The monoisotopic (exact) mass is 300 g/mol. The van der Waals surface area contributed by atoms with Gasteiger partial charge >= 0.3 is 0 Å². The number of aliphatic hydroxyl groups excluding tert-OH is 1. The van der Waals surface area contributed by atoms with Gasteiger partial charge in [-0.2, -0.15) is 0 Å². The molecule has 106 valence electrons. The van der Waals surface area contributed by atoms with Crippen LogP contribution in [0, 0.1) is 0 Å². The van der Waals surface area contributed by atoms with Crippen molar-refractivity contribution in [3.8, 4) is 0 Å². The molecular weight excluding hydrogens is 284 g/mol. The fourth-order valence-corrected chi connectivity index (χ4v) is 2.75. The van der Waals surface area contributed by atoms with Crippen LogP contribution < -0.4 is 4.90 Å². The second-order valence-corrected chi connectivity index (χ2v) is 6.06. The molecule has 0 aromatic heterocycles. The summed E-state index contributed by atoms with van der Waals surface area (Å²) in [5.74, 6) is -0.939. The fourth-order valence-electron chi connectivity index (χ4n) is 1.99. The highest BCUT2D eigenvalue weighted by Gasteiger charge is 2.25. The van der Waals surface area contributed by atoms with E-state index < -0.39 is 22.0 Å². The van der Waals surface area contributed by atoms with Gasteiger partial charge in [0.2, 0.25) is 5.91 Å². The highest BCUT2D eigenvalue weighted by molar-refractivity contribution is 7.85. The van der Waals surface area contributed by atoms with Crippen LogP contribution in [0.4, 0.5) is 0 Å². The van der Waals surface area contributed by atoms with E-state index in [1.807, 2.05) is 0 Å². The number of aliphatic hydroxyl groups is 1. The van der Waals surface area contributed by atoms with Gasteiger partial charge in [-0.3, -0.25) is 4.79 Å². The van der Waals surface area contributed by atoms with E-state index in [0.29, 0.717) is 26.2 Å². The summed E-state index contributed by atoms with van der Waals surface area (Å²) in [7, 11) is -4.40. The lowest BCUT2D eigenvalue weighted by atomic mass is 10.3. The number of piperazine rings is 1. The average molecular weight is 301 g/mol. The number of halogens is 1. The van der Waals surface area contributed by atoms with Crippen LogP contribution in [-0.4, -0.2) is 79.3 Å². The van der Waals surface area contributed by atoms with Crippen molar-refractivity contribution >= 4 is 27.6 Å². The van der Waals surface area contributed by atoms with Crippen molar-refractivity contribution in [2.45, 2.75) is 6.10 Å². The van der Waals surface area contributed by atoms with E-state index in [1.54, 1.807) is 4.90 Å². The Morgan fingerprint density at radius 1 is 1.44 bits per heavy atom. The molecule has 1 rings (SSSR count). The molecule has 1 aliphatic rings. The molecule has 0 saturated carbocycles. The topological polar surface area (TPSA) is 102 Å². The first-order valence-corrected chi connectivity index (χ1v) is 7.72. The smallest absolute Gasteiger partial charge is 0.237 e. The predicted molar refractivity (Wildman–Crippen MR) is 63.4 cm³/mol. The summed E-state index contributed by atoms with van der Waals surface area (Å²) in [4.78, 5) is 13.9. The molecule has 0 aromatic rings. The molecular formula is C9H17ClN2O5S. The zero-order chi connectivity index (χ0) is 13.8. The molecule has 18 heavy (non-hydrogen) atoms. The Bertz CT molecular complexity index is 380. The first-order valence-electron chi connectivity index (χ1n) is 5.61. The third-order valence-corrected chi connectivity index (χ3v) is 3.88. The number of nitrogens with one attached hydrogen (secondary N) is 1. The van der Waals surface area contributed by atoms with Crippen LogP contribution >= 0.6 is 11.6 Å². The number of hydrogen-bond donors (Lipinski definition) is 2. The molecule has 1 atom stereocenters. The van der Waals surface area contributed by atoms with Crippen molar-refractivity contribution in [1.82, 2.24) is 4.90 Å². The molecule has 0 aromatic carbocycles. The number of hydrogen-bond acceptors (Lipinski definition) is 5. The number of rotatable bonds is 5. The molecule has 0 unspecified atom stereocenters. The van der Waals surface area contributed by atoms with Gasteiger partial charge in [-0.1, -0.05) is 0 Å². The first-order chi connectivity index (χ1) is 8.31. The summed E-state index contributed by atoms with van der Waals surface area (Å²) in [6.07, 6.45) is -1.15. The molecule has 0 bridgehead atoms. The van der Waals surface area contributed by atoms with Crippen molar-refractivity contribution in [3.63, 3.8) is 0 Å². The maximum atomic E-state index is 11.3. The van der Waals surface area contributed by atoms with E-state index in [1.165, 1.54) is 0 Å². The maximum Gasteiger partial charge on any atom is 0.237 e. The molecule has 1 heterocycles. The molecule has 1 saturated heterocycles. The fraction of sp³-hybridized carbons (Fsp3) is 0.889. The van der Waals surface area contributed by atoms with E-state index in [0.717, 1.165) is 4.90 Å². The van der Waals surface area contributed by atoms with Crippen LogP contribution in [0.15, 0.2) is 0 Å². The van der Waals surface area contributed by atoms with Gasteiger partial charge in [0.1, 0.15) is 18.5 Å². The van der Waals surface area contributed by atoms with E-state index in [-0.39, 0.29) is 18.3 Å². The lowest BCUT2D eigenvalue weighted by Crippen LogP contribution is -3.16. The Morgan fingerprint density at radius 3 is 2.44 bits per heavy atom. The second-order valence-electron chi connectivity index (χ2n) is 4.35. The van der Waals surface area contributed by atoms with Crippen LogP contribution in [0.5, 0.6) is 0 Å². The summed E-state index contributed by atoms with van der Waals surface area (Å²) in [5, 5.41) is 9.46. The number of nitrogens with zero attached hydrogens (tertiary/aromatic N) is 1. The molecule has 0 aliphatic carbocycles. The highest BCUT2D eigenvalue weighted by Crippen LogP contribution is 1.94.